The van der Waals surface area contributed by atoms with Crippen molar-refractivity contribution in [2.24, 2.45) is 0 Å². The van der Waals surface area contributed by atoms with E-state index in [0.717, 1.165) is 87.1 Å². The lowest BCUT2D eigenvalue weighted by atomic mass is 10.1. The second kappa shape index (κ2) is 10.9. The molecular formula is C28H34N8O. The van der Waals surface area contributed by atoms with Crippen LogP contribution in [0.5, 0.6) is 0 Å². The molecule has 8 heterocycles. The third-order valence-electron chi connectivity index (χ3n) is 7.59. The third kappa shape index (κ3) is 5.79. The van der Waals surface area contributed by atoms with E-state index < -0.39 is 0 Å². The molecule has 0 aliphatic carbocycles. The Kier molecular flexibility index (Phi) is 7.07. The molecule has 6 aliphatic rings. The van der Waals surface area contributed by atoms with Gasteiger partial charge in [-0.1, -0.05) is 12.1 Å². The predicted octanol–water partition coefficient (Wildman–Crippen LogP) is 2.67. The fourth-order valence-corrected chi connectivity index (χ4v) is 5.58. The van der Waals surface area contributed by atoms with Gasteiger partial charge in [-0.25, -0.2) is 15.0 Å². The average molecular weight is 499 g/mol. The van der Waals surface area contributed by atoms with Crippen LogP contribution in [0.3, 0.4) is 0 Å². The molecule has 37 heavy (non-hydrogen) atoms. The van der Waals surface area contributed by atoms with Crippen molar-refractivity contribution in [3.8, 4) is 11.1 Å². The van der Waals surface area contributed by atoms with Crippen molar-refractivity contribution in [1.29, 1.82) is 0 Å². The number of rotatable bonds is 0. The van der Waals surface area contributed by atoms with Crippen LogP contribution >= 0.6 is 0 Å². The van der Waals surface area contributed by atoms with Gasteiger partial charge in [0.25, 0.3) is 0 Å². The van der Waals surface area contributed by atoms with Gasteiger partial charge in [-0.2, -0.15) is 0 Å². The molecule has 3 aromatic rings. The maximum atomic E-state index is 12.6. The van der Waals surface area contributed by atoms with Crippen LogP contribution in [-0.2, 0) is 11.3 Å². The molecule has 1 unspecified atom stereocenters. The minimum absolute atomic E-state index is 0.109. The fraction of sp³-hybridized carbons (Fsp3) is 0.429. The first-order chi connectivity index (χ1) is 18.2. The largest absolute Gasteiger partial charge is 0.354 e. The highest BCUT2D eigenvalue weighted by molar-refractivity contribution is 5.78. The van der Waals surface area contributed by atoms with E-state index in [-0.39, 0.29) is 11.9 Å². The third-order valence-corrected chi connectivity index (χ3v) is 7.59. The quantitative estimate of drug-likeness (QED) is 0.489. The molecule has 192 valence electrons. The number of hydrogen-bond donors (Lipinski definition) is 2. The summed E-state index contributed by atoms with van der Waals surface area (Å²) in [5.74, 6) is 1.76. The number of carbonyl (C=O) groups excluding carboxylic acids is 1. The molecule has 2 N–H and O–H groups in total. The highest BCUT2D eigenvalue weighted by Crippen LogP contribution is 2.30. The zero-order chi connectivity index (χ0) is 25.0. The number of aromatic nitrogens is 3. The number of nitrogens with zero attached hydrogens (tertiary/aromatic N) is 6. The van der Waals surface area contributed by atoms with Crippen LogP contribution in [0, 0.1) is 0 Å². The topological polar surface area (TPSA) is 89.5 Å². The van der Waals surface area contributed by atoms with E-state index >= 15 is 0 Å². The minimum Gasteiger partial charge on any atom is -0.354 e. The van der Waals surface area contributed by atoms with Gasteiger partial charge in [0.05, 0.1) is 12.6 Å². The number of anilines is 2. The number of nitrogens with one attached hydrogen (secondary N) is 2. The molecule has 8 bridgehead atoms. The van der Waals surface area contributed by atoms with E-state index in [1.54, 1.807) is 0 Å². The number of piperazine rings is 1. The van der Waals surface area contributed by atoms with E-state index in [1.807, 2.05) is 30.7 Å². The second-order valence-electron chi connectivity index (χ2n) is 10.2. The van der Waals surface area contributed by atoms with E-state index in [1.165, 1.54) is 5.56 Å². The normalized spacial score (nSPS) is 24.8. The smallest absolute Gasteiger partial charge is 0.234 e. The summed E-state index contributed by atoms with van der Waals surface area (Å²) in [5.41, 5.74) is 4.28. The Morgan fingerprint density at radius 3 is 2.49 bits per heavy atom. The summed E-state index contributed by atoms with van der Waals surface area (Å²) in [5, 5.41) is 6.60. The predicted molar refractivity (Wildman–Crippen MR) is 143 cm³/mol. The van der Waals surface area contributed by atoms with Crippen molar-refractivity contribution in [2.45, 2.75) is 25.4 Å². The SMILES string of the molecule is O=C1CN2CCN(CC2)Cc2cccc(c2)Nc2cc(ccn2)-c2cnc(nc2)C2CCCN2CCN1. The van der Waals surface area contributed by atoms with Crippen LogP contribution in [0.4, 0.5) is 11.5 Å². The van der Waals surface area contributed by atoms with Crippen molar-refractivity contribution < 1.29 is 4.79 Å². The Bertz CT molecular complexity index is 1220. The van der Waals surface area contributed by atoms with Crippen molar-refractivity contribution in [1.82, 2.24) is 35.0 Å². The number of benzene rings is 1. The first-order valence-electron chi connectivity index (χ1n) is 13.3. The zero-order valence-electron chi connectivity index (χ0n) is 21.1. The van der Waals surface area contributed by atoms with Gasteiger partial charge < -0.3 is 10.6 Å². The van der Waals surface area contributed by atoms with Gasteiger partial charge in [-0.15, -0.1) is 0 Å². The lowest BCUT2D eigenvalue weighted by molar-refractivity contribution is -0.122. The summed E-state index contributed by atoms with van der Waals surface area (Å²) in [6, 6.07) is 12.7. The Morgan fingerprint density at radius 1 is 0.838 bits per heavy atom. The van der Waals surface area contributed by atoms with E-state index in [9.17, 15) is 4.79 Å². The molecule has 0 saturated carbocycles. The molecule has 9 rings (SSSR count). The van der Waals surface area contributed by atoms with Gasteiger partial charge in [-0.3, -0.25) is 19.5 Å². The summed E-state index contributed by atoms with van der Waals surface area (Å²) < 4.78 is 0. The van der Waals surface area contributed by atoms with Gasteiger partial charge in [0.15, 0.2) is 0 Å². The summed E-state index contributed by atoms with van der Waals surface area (Å²) in [6.07, 6.45) is 7.81. The van der Waals surface area contributed by atoms with Gasteiger partial charge in [-0.05, 0) is 54.8 Å². The number of amides is 1. The van der Waals surface area contributed by atoms with Crippen molar-refractivity contribution in [3.05, 3.63) is 66.4 Å². The molecule has 1 aromatic carbocycles. The van der Waals surface area contributed by atoms with Crippen LogP contribution in [0.15, 0.2) is 55.0 Å². The molecule has 9 heteroatoms. The number of pyridine rings is 1. The molecule has 2 fully saturated rings. The van der Waals surface area contributed by atoms with Gasteiger partial charge in [0.2, 0.25) is 5.91 Å². The van der Waals surface area contributed by atoms with Crippen LogP contribution in [0.2, 0.25) is 0 Å². The number of hydrogen-bond acceptors (Lipinski definition) is 8. The maximum absolute atomic E-state index is 12.6. The molecular weight excluding hydrogens is 464 g/mol. The van der Waals surface area contributed by atoms with Gasteiger partial charge in [0.1, 0.15) is 11.6 Å². The summed E-state index contributed by atoms with van der Waals surface area (Å²) in [4.78, 5) is 33.8. The van der Waals surface area contributed by atoms with Crippen molar-refractivity contribution >= 4 is 17.4 Å². The van der Waals surface area contributed by atoms with Crippen LogP contribution in [0.1, 0.15) is 30.3 Å². The molecule has 1 atom stereocenters. The lowest BCUT2D eigenvalue weighted by Crippen LogP contribution is -2.49. The molecule has 9 nitrogen and oxygen atoms in total. The number of carbonyl (C=O) groups is 1. The standard InChI is InChI=1S/C28H34N8O/c37-27-20-35-13-11-34(12-14-35)19-21-3-1-4-24(15-21)33-26-16-22(6-7-29-26)23-17-31-28(32-18-23)25-5-2-9-36(25)10-8-30-27/h1,3-4,6-7,15-18,25H,2,5,8-14,19-20H2,(H,29,33)(H,30,37). The first-order valence-corrected chi connectivity index (χ1v) is 13.3. The van der Waals surface area contributed by atoms with Gasteiger partial charge >= 0.3 is 0 Å². The van der Waals surface area contributed by atoms with Gasteiger partial charge in [0, 0.05) is 75.7 Å². The minimum atomic E-state index is 0.109. The summed E-state index contributed by atoms with van der Waals surface area (Å²) in [7, 11) is 0. The van der Waals surface area contributed by atoms with Crippen LogP contribution in [0.25, 0.3) is 11.1 Å². The second-order valence-corrected chi connectivity index (χ2v) is 10.2. The molecule has 0 radical (unpaired) electrons. The Labute approximate surface area is 217 Å². The summed E-state index contributed by atoms with van der Waals surface area (Å²) >= 11 is 0. The molecule has 6 aliphatic heterocycles. The maximum Gasteiger partial charge on any atom is 0.234 e. The molecule has 1 amide bonds. The fourth-order valence-electron chi connectivity index (χ4n) is 5.58. The Morgan fingerprint density at radius 2 is 1.65 bits per heavy atom. The van der Waals surface area contributed by atoms with Crippen molar-refractivity contribution in [3.63, 3.8) is 0 Å². The lowest BCUT2D eigenvalue weighted by Gasteiger charge is -2.34. The van der Waals surface area contributed by atoms with Crippen LogP contribution in [-0.4, -0.2) is 87.9 Å². The molecule has 2 aromatic heterocycles. The molecule has 0 spiro atoms. The first kappa shape index (κ1) is 24.0. The van der Waals surface area contributed by atoms with Crippen LogP contribution < -0.4 is 10.6 Å². The summed E-state index contributed by atoms with van der Waals surface area (Å²) in [6.45, 7) is 7.56. The average Bonchev–Trinajstić information content (AvgIpc) is 3.38. The van der Waals surface area contributed by atoms with Crippen molar-refractivity contribution in [2.75, 3.05) is 57.7 Å². The van der Waals surface area contributed by atoms with E-state index in [2.05, 4.69) is 54.6 Å². The monoisotopic (exact) mass is 498 g/mol. The highest BCUT2D eigenvalue weighted by Gasteiger charge is 2.28. The zero-order valence-corrected chi connectivity index (χ0v) is 21.1. The Balaban J connectivity index is 1.26. The Hall–Kier alpha value is -3.40. The van der Waals surface area contributed by atoms with E-state index in [4.69, 9.17) is 9.97 Å². The highest BCUT2D eigenvalue weighted by atomic mass is 16.2. The molecule has 2 saturated heterocycles. The van der Waals surface area contributed by atoms with E-state index in [0.29, 0.717) is 13.1 Å².